The van der Waals surface area contributed by atoms with Gasteiger partial charge in [0.2, 0.25) is 5.95 Å². The van der Waals surface area contributed by atoms with Gasteiger partial charge >= 0.3 is 5.97 Å². The lowest BCUT2D eigenvalue weighted by Gasteiger charge is -2.12. The summed E-state index contributed by atoms with van der Waals surface area (Å²) in [6.45, 7) is -0.227. The molecule has 7 nitrogen and oxygen atoms in total. The first-order valence-electron chi connectivity index (χ1n) is 7.30. The fourth-order valence-corrected chi connectivity index (χ4v) is 2.29. The summed E-state index contributed by atoms with van der Waals surface area (Å²) in [6.07, 6.45) is 0. The zero-order valence-corrected chi connectivity index (χ0v) is 13.0. The molecule has 0 fully saturated rings. The topological polar surface area (TPSA) is 96.4 Å². The number of nitrogens with zero attached hydrogens (tertiary/aromatic N) is 2. The molecule has 2 aromatic carbocycles. The lowest BCUT2D eigenvalue weighted by atomic mass is 10.2. The van der Waals surface area contributed by atoms with Crippen LogP contribution in [0.2, 0.25) is 0 Å². The fraction of sp³-hybridized carbons (Fsp3) is 0.118. The van der Waals surface area contributed by atoms with Crippen molar-refractivity contribution in [2.75, 3.05) is 24.3 Å². The van der Waals surface area contributed by atoms with Gasteiger partial charge in [-0.2, -0.15) is 4.98 Å². The van der Waals surface area contributed by atoms with E-state index in [0.29, 0.717) is 23.0 Å². The van der Waals surface area contributed by atoms with Gasteiger partial charge in [0.15, 0.2) is 0 Å². The minimum Gasteiger partial charge on any atom is -0.495 e. The third-order valence-corrected chi connectivity index (χ3v) is 3.36. The average Bonchev–Trinajstić information content (AvgIpc) is 2.60. The number of hydrogen-bond acceptors (Lipinski definition) is 6. The minimum atomic E-state index is -0.961. The smallest absolute Gasteiger partial charge is 0.322 e. The van der Waals surface area contributed by atoms with E-state index in [1.54, 1.807) is 7.11 Å². The van der Waals surface area contributed by atoms with Gasteiger partial charge in [0, 0.05) is 5.39 Å². The highest BCUT2D eigenvalue weighted by molar-refractivity contribution is 5.91. The van der Waals surface area contributed by atoms with Crippen LogP contribution in [0.1, 0.15) is 0 Å². The van der Waals surface area contributed by atoms with Crippen LogP contribution in [-0.2, 0) is 4.79 Å². The summed E-state index contributed by atoms with van der Waals surface area (Å²) in [5.74, 6) is 0.512. The maximum Gasteiger partial charge on any atom is 0.322 e. The molecule has 1 heterocycles. The van der Waals surface area contributed by atoms with Crippen molar-refractivity contribution in [3.05, 3.63) is 48.5 Å². The third-order valence-electron chi connectivity index (χ3n) is 3.36. The number of aliphatic carboxylic acids is 1. The summed E-state index contributed by atoms with van der Waals surface area (Å²) in [5.41, 5.74) is 1.43. The number of carboxylic acid groups (broad SMARTS) is 1. The van der Waals surface area contributed by atoms with Crippen LogP contribution in [0.15, 0.2) is 48.5 Å². The van der Waals surface area contributed by atoms with Gasteiger partial charge < -0.3 is 20.5 Å². The maximum atomic E-state index is 10.8. The maximum absolute atomic E-state index is 10.8. The monoisotopic (exact) mass is 324 g/mol. The summed E-state index contributed by atoms with van der Waals surface area (Å²) >= 11 is 0. The Morgan fingerprint density at radius 2 is 1.88 bits per heavy atom. The van der Waals surface area contributed by atoms with E-state index in [2.05, 4.69) is 20.6 Å². The molecular weight excluding hydrogens is 308 g/mol. The van der Waals surface area contributed by atoms with Crippen molar-refractivity contribution < 1.29 is 14.6 Å². The number of methoxy groups -OCH3 is 1. The highest BCUT2D eigenvalue weighted by Crippen LogP contribution is 2.28. The van der Waals surface area contributed by atoms with E-state index in [9.17, 15) is 4.79 Å². The molecule has 3 N–H and O–H groups in total. The second-order valence-electron chi connectivity index (χ2n) is 4.99. The molecule has 3 aromatic rings. The van der Waals surface area contributed by atoms with E-state index >= 15 is 0 Å². The molecular formula is C17H16N4O3. The van der Waals surface area contributed by atoms with Gasteiger partial charge in [0.25, 0.3) is 0 Å². The molecule has 0 bridgehead atoms. The van der Waals surface area contributed by atoms with Gasteiger partial charge in [0.05, 0.1) is 18.3 Å². The number of benzene rings is 2. The van der Waals surface area contributed by atoms with E-state index in [4.69, 9.17) is 9.84 Å². The molecule has 24 heavy (non-hydrogen) atoms. The van der Waals surface area contributed by atoms with Crippen LogP contribution in [0, 0.1) is 0 Å². The second-order valence-corrected chi connectivity index (χ2v) is 4.99. The summed E-state index contributed by atoms with van der Waals surface area (Å²) in [4.78, 5) is 19.7. The van der Waals surface area contributed by atoms with Crippen LogP contribution >= 0.6 is 0 Å². The van der Waals surface area contributed by atoms with Crippen molar-refractivity contribution in [3.8, 4) is 5.75 Å². The summed E-state index contributed by atoms with van der Waals surface area (Å²) < 4.78 is 5.30. The highest BCUT2D eigenvalue weighted by atomic mass is 16.5. The number of rotatable bonds is 6. The molecule has 0 saturated heterocycles. The predicted octanol–water partition coefficient (Wildman–Crippen LogP) is 2.88. The molecule has 7 heteroatoms. The van der Waals surface area contributed by atoms with Crippen LogP contribution in [0.5, 0.6) is 5.75 Å². The van der Waals surface area contributed by atoms with Gasteiger partial charge in [-0.25, -0.2) is 4.98 Å². The van der Waals surface area contributed by atoms with Crippen LogP contribution in [0.4, 0.5) is 17.5 Å². The Kier molecular flexibility index (Phi) is 4.42. The van der Waals surface area contributed by atoms with Crippen LogP contribution in [-0.4, -0.2) is 34.7 Å². The van der Waals surface area contributed by atoms with Gasteiger partial charge in [-0.1, -0.05) is 24.3 Å². The van der Waals surface area contributed by atoms with Crippen molar-refractivity contribution >= 4 is 34.3 Å². The summed E-state index contributed by atoms with van der Waals surface area (Å²) in [5, 5.41) is 15.6. The molecule has 0 amide bonds. The van der Waals surface area contributed by atoms with E-state index in [0.717, 1.165) is 11.1 Å². The largest absolute Gasteiger partial charge is 0.495 e. The molecule has 0 aliphatic carbocycles. The molecule has 0 atom stereocenters. The third kappa shape index (κ3) is 3.35. The van der Waals surface area contributed by atoms with Gasteiger partial charge in [-0.05, 0) is 24.3 Å². The minimum absolute atomic E-state index is 0.227. The lowest BCUT2D eigenvalue weighted by Crippen LogP contribution is -2.14. The van der Waals surface area contributed by atoms with Crippen molar-refractivity contribution in [3.63, 3.8) is 0 Å². The zero-order valence-electron chi connectivity index (χ0n) is 13.0. The van der Waals surface area contributed by atoms with E-state index in [-0.39, 0.29) is 6.54 Å². The highest BCUT2D eigenvalue weighted by Gasteiger charge is 2.10. The average molecular weight is 324 g/mol. The molecule has 1 aromatic heterocycles. The Hall–Kier alpha value is -3.35. The molecule has 0 radical (unpaired) electrons. The Morgan fingerprint density at radius 1 is 1.12 bits per heavy atom. The lowest BCUT2D eigenvalue weighted by molar-refractivity contribution is -0.134. The van der Waals surface area contributed by atoms with Crippen molar-refractivity contribution in [1.29, 1.82) is 0 Å². The zero-order chi connectivity index (χ0) is 16.9. The molecule has 0 saturated carbocycles. The van der Waals surface area contributed by atoms with Crippen molar-refractivity contribution in [2.45, 2.75) is 0 Å². The standard InChI is InChI=1S/C17H16N4O3/c1-24-14-9-5-4-8-13(14)20-17-19-12-7-3-2-6-11(12)16(21-17)18-10-15(22)23/h2-9H,10H2,1H3,(H,22,23)(H2,18,19,20,21). The number of anilines is 3. The predicted molar refractivity (Wildman–Crippen MR) is 91.9 cm³/mol. The van der Waals surface area contributed by atoms with Gasteiger partial charge in [-0.3, -0.25) is 4.79 Å². The fourth-order valence-electron chi connectivity index (χ4n) is 2.29. The molecule has 0 unspecified atom stereocenters. The first kappa shape index (κ1) is 15.5. The Morgan fingerprint density at radius 3 is 2.67 bits per heavy atom. The first-order chi connectivity index (χ1) is 11.7. The number of ether oxygens (including phenoxy) is 1. The van der Waals surface area contributed by atoms with Gasteiger partial charge in [0.1, 0.15) is 18.1 Å². The second kappa shape index (κ2) is 6.82. The van der Waals surface area contributed by atoms with Crippen LogP contribution in [0.25, 0.3) is 10.9 Å². The SMILES string of the molecule is COc1ccccc1Nc1nc(NCC(=O)O)c2ccccc2n1. The number of fused-ring (bicyclic) bond motifs is 1. The van der Waals surface area contributed by atoms with Crippen molar-refractivity contribution in [2.24, 2.45) is 0 Å². The number of para-hydroxylation sites is 3. The quantitative estimate of drug-likeness (QED) is 0.641. The van der Waals surface area contributed by atoms with E-state index in [1.165, 1.54) is 0 Å². The normalized spacial score (nSPS) is 10.4. The van der Waals surface area contributed by atoms with Crippen molar-refractivity contribution in [1.82, 2.24) is 9.97 Å². The number of carbonyl (C=O) groups is 1. The number of hydrogen-bond donors (Lipinski definition) is 3. The Labute approximate surface area is 138 Å². The molecule has 0 aliphatic rings. The van der Waals surface area contributed by atoms with Crippen LogP contribution in [0.3, 0.4) is 0 Å². The van der Waals surface area contributed by atoms with E-state index < -0.39 is 5.97 Å². The number of carboxylic acids is 1. The summed E-state index contributed by atoms with van der Waals surface area (Å²) in [6, 6.07) is 14.8. The molecule has 0 aliphatic heterocycles. The van der Waals surface area contributed by atoms with Crippen LogP contribution < -0.4 is 15.4 Å². The Bertz CT molecular complexity index is 883. The van der Waals surface area contributed by atoms with Gasteiger partial charge in [-0.15, -0.1) is 0 Å². The number of aromatic nitrogens is 2. The first-order valence-corrected chi connectivity index (χ1v) is 7.30. The number of nitrogens with one attached hydrogen (secondary N) is 2. The Balaban J connectivity index is 2.00. The molecule has 0 spiro atoms. The van der Waals surface area contributed by atoms with E-state index in [1.807, 2.05) is 48.5 Å². The summed E-state index contributed by atoms with van der Waals surface area (Å²) in [7, 11) is 1.58. The molecule has 3 rings (SSSR count). The molecule has 122 valence electrons.